The molecule has 2 aliphatic heterocycles. The lowest BCUT2D eigenvalue weighted by molar-refractivity contribution is 0.0607. The zero-order valence-corrected chi connectivity index (χ0v) is 14.9. The first-order valence-corrected chi connectivity index (χ1v) is 7.58. The van der Waals surface area contributed by atoms with Crippen molar-refractivity contribution in [2.45, 2.75) is 19.3 Å². The molecule has 2 fully saturated rings. The maximum Gasteiger partial charge on any atom is 0.255 e. The van der Waals surface area contributed by atoms with Gasteiger partial charge in [0.15, 0.2) is 0 Å². The molecule has 4 nitrogen and oxygen atoms in total. The average Bonchev–Trinajstić information content (AvgIpc) is 2.87. The summed E-state index contributed by atoms with van der Waals surface area (Å²) in [7, 11) is 0. The Morgan fingerprint density at radius 1 is 1.24 bits per heavy atom. The van der Waals surface area contributed by atoms with Crippen molar-refractivity contribution in [2.24, 2.45) is 5.41 Å². The molecule has 3 heterocycles. The van der Waals surface area contributed by atoms with E-state index in [1.807, 2.05) is 11.0 Å². The Morgan fingerprint density at radius 3 is 2.52 bits per heavy atom. The number of nitrogens with zero attached hydrogens (tertiary/aromatic N) is 2. The van der Waals surface area contributed by atoms with Crippen LogP contribution in [0.2, 0.25) is 0 Å². The number of pyridine rings is 1. The third-order valence-electron chi connectivity index (χ3n) is 4.40. The van der Waals surface area contributed by atoms with Crippen molar-refractivity contribution < 1.29 is 4.79 Å². The zero-order valence-electron chi connectivity index (χ0n) is 11.7. The molecule has 0 aliphatic carbocycles. The van der Waals surface area contributed by atoms with Crippen LogP contribution in [0.1, 0.15) is 29.6 Å². The molecule has 1 N–H and O–H groups in total. The van der Waals surface area contributed by atoms with Crippen LogP contribution < -0.4 is 5.32 Å². The second-order valence-corrected chi connectivity index (χ2v) is 6.53. The Balaban J connectivity index is 0.00000110. The van der Waals surface area contributed by atoms with Crippen LogP contribution in [0.25, 0.3) is 0 Å². The summed E-state index contributed by atoms with van der Waals surface area (Å²) in [6.07, 6.45) is 6.84. The number of carbonyl (C=O) groups is 1. The molecular formula is C14H20BrCl2N3O. The highest BCUT2D eigenvalue weighted by Gasteiger charge is 2.38. The van der Waals surface area contributed by atoms with Crippen molar-refractivity contribution in [3.05, 3.63) is 28.5 Å². The number of likely N-dealkylation sites (tertiary alicyclic amines) is 1. The Morgan fingerprint density at radius 2 is 1.95 bits per heavy atom. The third-order valence-corrected chi connectivity index (χ3v) is 4.83. The van der Waals surface area contributed by atoms with E-state index >= 15 is 0 Å². The molecule has 0 atom stereocenters. The van der Waals surface area contributed by atoms with E-state index in [2.05, 4.69) is 26.2 Å². The summed E-state index contributed by atoms with van der Waals surface area (Å²) in [5.41, 5.74) is 1.13. The summed E-state index contributed by atoms with van der Waals surface area (Å²) < 4.78 is 0.854. The summed E-state index contributed by atoms with van der Waals surface area (Å²) in [5, 5.41) is 3.45. The first-order valence-electron chi connectivity index (χ1n) is 6.79. The quantitative estimate of drug-likeness (QED) is 0.793. The zero-order chi connectivity index (χ0) is 13.3. The van der Waals surface area contributed by atoms with Gasteiger partial charge in [-0.25, -0.2) is 0 Å². The molecule has 1 aromatic heterocycles. The van der Waals surface area contributed by atoms with Gasteiger partial charge >= 0.3 is 0 Å². The van der Waals surface area contributed by atoms with Gasteiger partial charge in [-0.15, -0.1) is 24.8 Å². The number of hydrogen-bond donors (Lipinski definition) is 1. The van der Waals surface area contributed by atoms with Gasteiger partial charge in [0.05, 0.1) is 5.56 Å². The first-order chi connectivity index (χ1) is 9.19. The van der Waals surface area contributed by atoms with E-state index in [0.29, 0.717) is 11.0 Å². The molecule has 21 heavy (non-hydrogen) atoms. The fourth-order valence-corrected chi connectivity index (χ4v) is 3.48. The summed E-state index contributed by atoms with van der Waals surface area (Å²) >= 11 is 3.36. The Hall–Kier alpha value is -0.360. The fourth-order valence-electron chi connectivity index (χ4n) is 3.12. The molecule has 2 aliphatic rings. The molecule has 118 valence electrons. The topological polar surface area (TPSA) is 45.2 Å². The van der Waals surface area contributed by atoms with Crippen LogP contribution in [0, 0.1) is 5.41 Å². The summed E-state index contributed by atoms with van der Waals surface area (Å²) in [6, 6.07) is 1.84. The number of hydrogen-bond acceptors (Lipinski definition) is 3. The van der Waals surface area contributed by atoms with Crippen molar-refractivity contribution in [1.29, 1.82) is 0 Å². The van der Waals surface area contributed by atoms with E-state index in [-0.39, 0.29) is 30.7 Å². The van der Waals surface area contributed by atoms with Gasteiger partial charge in [-0.1, -0.05) is 0 Å². The number of amides is 1. The molecule has 1 spiro atoms. The van der Waals surface area contributed by atoms with Crippen molar-refractivity contribution in [3.63, 3.8) is 0 Å². The first kappa shape index (κ1) is 18.7. The molecule has 1 aromatic rings. The normalized spacial score (nSPS) is 19.8. The van der Waals surface area contributed by atoms with Gasteiger partial charge in [-0.05, 0) is 53.2 Å². The van der Waals surface area contributed by atoms with Gasteiger partial charge in [0.1, 0.15) is 0 Å². The van der Waals surface area contributed by atoms with Crippen LogP contribution >= 0.6 is 40.7 Å². The molecule has 0 saturated carbocycles. The molecule has 0 aromatic carbocycles. The third kappa shape index (κ3) is 4.09. The molecule has 0 unspecified atom stereocenters. The molecule has 7 heteroatoms. The molecule has 1 amide bonds. The lowest BCUT2D eigenvalue weighted by Gasteiger charge is -2.38. The highest BCUT2D eigenvalue weighted by Crippen LogP contribution is 2.37. The average molecular weight is 397 g/mol. The van der Waals surface area contributed by atoms with E-state index in [1.165, 1.54) is 6.42 Å². The van der Waals surface area contributed by atoms with Crippen molar-refractivity contribution in [2.75, 3.05) is 26.2 Å². The van der Waals surface area contributed by atoms with E-state index in [9.17, 15) is 4.79 Å². The minimum atomic E-state index is 0. The van der Waals surface area contributed by atoms with E-state index < -0.39 is 0 Å². The van der Waals surface area contributed by atoms with Gasteiger partial charge in [0.25, 0.3) is 5.91 Å². The number of nitrogens with one attached hydrogen (secondary N) is 1. The number of halogens is 3. The van der Waals surface area contributed by atoms with E-state index in [0.717, 1.165) is 43.5 Å². The van der Waals surface area contributed by atoms with Crippen molar-refractivity contribution >= 4 is 46.7 Å². The van der Waals surface area contributed by atoms with Crippen LogP contribution in [0.5, 0.6) is 0 Å². The standard InChI is InChI=1S/C14H18BrN3O.2ClH/c15-12-7-11(8-17-9-12)13(19)18-5-2-14(3-6-18)1-4-16-10-14;;/h7-9,16H,1-6,10H2;2*1H. The Labute approximate surface area is 146 Å². The highest BCUT2D eigenvalue weighted by atomic mass is 79.9. The Kier molecular flexibility index (Phi) is 6.91. The second kappa shape index (κ2) is 7.77. The maximum absolute atomic E-state index is 12.4. The van der Waals surface area contributed by atoms with Crippen molar-refractivity contribution in [1.82, 2.24) is 15.2 Å². The number of carbonyl (C=O) groups excluding carboxylic acids is 1. The van der Waals surface area contributed by atoms with Gasteiger partial charge in [-0.2, -0.15) is 0 Å². The molecule has 0 bridgehead atoms. The predicted octanol–water partition coefficient (Wildman–Crippen LogP) is 2.90. The minimum Gasteiger partial charge on any atom is -0.339 e. The van der Waals surface area contributed by atoms with Gasteiger partial charge in [0.2, 0.25) is 0 Å². The van der Waals surface area contributed by atoms with Gasteiger partial charge < -0.3 is 10.2 Å². The van der Waals surface area contributed by atoms with Gasteiger partial charge in [-0.3, -0.25) is 9.78 Å². The maximum atomic E-state index is 12.4. The number of aromatic nitrogens is 1. The lowest BCUT2D eigenvalue weighted by Crippen LogP contribution is -2.44. The summed E-state index contributed by atoms with van der Waals surface area (Å²) in [6.45, 7) is 3.98. The van der Waals surface area contributed by atoms with Gasteiger partial charge in [0, 0.05) is 36.5 Å². The predicted molar refractivity (Wildman–Crippen MR) is 91.5 cm³/mol. The van der Waals surface area contributed by atoms with Crippen LogP contribution in [0.15, 0.2) is 22.9 Å². The second-order valence-electron chi connectivity index (χ2n) is 5.61. The number of piperidine rings is 1. The minimum absolute atomic E-state index is 0. The van der Waals surface area contributed by atoms with Crippen LogP contribution in [-0.4, -0.2) is 42.0 Å². The molecule has 2 saturated heterocycles. The monoisotopic (exact) mass is 395 g/mol. The van der Waals surface area contributed by atoms with Crippen molar-refractivity contribution in [3.8, 4) is 0 Å². The van der Waals surface area contributed by atoms with Crippen LogP contribution in [0.4, 0.5) is 0 Å². The summed E-state index contributed by atoms with van der Waals surface area (Å²) in [4.78, 5) is 18.4. The van der Waals surface area contributed by atoms with Crippen LogP contribution in [-0.2, 0) is 0 Å². The lowest BCUT2D eigenvalue weighted by atomic mass is 9.78. The smallest absolute Gasteiger partial charge is 0.255 e. The molecule has 0 radical (unpaired) electrons. The fraction of sp³-hybridized carbons (Fsp3) is 0.571. The SMILES string of the molecule is Cl.Cl.O=C(c1cncc(Br)c1)N1CCC2(CCNC2)CC1. The van der Waals surface area contributed by atoms with Crippen LogP contribution in [0.3, 0.4) is 0 Å². The molecular weight excluding hydrogens is 377 g/mol. The Bertz CT molecular complexity index is 485. The highest BCUT2D eigenvalue weighted by molar-refractivity contribution is 9.10. The van der Waals surface area contributed by atoms with E-state index in [1.54, 1.807) is 12.4 Å². The number of rotatable bonds is 1. The molecule has 3 rings (SSSR count). The summed E-state index contributed by atoms with van der Waals surface area (Å²) in [5.74, 6) is 0.106. The van der Waals surface area contributed by atoms with E-state index in [4.69, 9.17) is 0 Å². The largest absolute Gasteiger partial charge is 0.339 e.